The van der Waals surface area contributed by atoms with E-state index in [2.05, 4.69) is 5.32 Å². The number of halogens is 3. The number of carbonyl (C=O) groups excluding carboxylic acids is 2. The van der Waals surface area contributed by atoms with Gasteiger partial charge in [0.1, 0.15) is 0 Å². The third-order valence-corrected chi connectivity index (χ3v) is 6.85. The minimum atomic E-state index is -4.52. The van der Waals surface area contributed by atoms with Crippen molar-refractivity contribution in [1.82, 2.24) is 0 Å². The SMILES string of the molecule is CCOc1cc(/C=C2\SC(=S)N(c3ccccc3C)C2=O)ccc1OCC(=O)Nc1cccc(C(F)(F)F)c1. The maximum Gasteiger partial charge on any atom is 0.416 e. The maximum atomic E-state index is 13.1. The molecule has 2 amide bonds. The zero-order chi connectivity index (χ0) is 28.2. The summed E-state index contributed by atoms with van der Waals surface area (Å²) in [7, 11) is 0. The van der Waals surface area contributed by atoms with Crippen LogP contribution in [0.25, 0.3) is 6.08 Å². The van der Waals surface area contributed by atoms with Crippen molar-refractivity contribution in [3.05, 3.63) is 88.3 Å². The number of rotatable bonds is 8. The molecule has 1 aliphatic rings. The fraction of sp³-hybridized carbons (Fsp3) is 0.179. The van der Waals surface area contributed by atoms with Gasteiger partial charge >= 0.3 is 6.18 Å². The second kappa shape index (κ2) is 11.9. The van der Waals surface area contributed by atoms with E-state index in [1.165, 1.54) is 28.8 Å². The molecule has 0 aromatic heterocycles. The van der Waals surface area contributed by atoms with Crippen molar-refractivity contribution in [2.45, 2.75) is 20.0 Å². The number of thiocarbonyl (C=S) groups is 1. The molecule has 0 spiro atoms. The maximum absolute atomic E-state index is 13.1. The number of hydrogen-bond donors (Lipinski definition) is 1. The number of thioether (sulfide) groups is 1. The number of benzene rings is 3. The van der Waals surface area contributed by atoms with Crippen LogP contribution in [0.5, 0.6) is 11.5 Å². The highest BCUT2D eigenvalue weighted by Gasteiger charge is 2.34. The normalized spacial score (nSPS) is 14.6. The van der Waals surface area contributed by atoms with Crippen molar-refractivity contribution in [2.75, 3.05) is 23.4 Å². The van der Waals surface area contributed by atoms with E-state index in [-0.39, 0.29) is 17.3 Å². The van der Waals surface area contributed by atoms with E-state index >= 15 is 0 Å². The number of amides is 2. The Morgan fingerprint density at radius 1 is 1.05 bits per heavy atom. The molecule has 11 heteroatoms. The van der Waals surface area contributed by atoms with Crippen molar-refractivity contribution in [3.63, 3.8) is 0 Å². The van der Waals surface area contributed by atoms with Crippen molar-refractivity contribution in [3.8, 4) is 11.5 Å². The van der Waals surface area contributed by atoms with Crippen LogP contribution in [-0.2, 0) is 15.8 Å². The first-order valence-electron chi connectivity index (χ1n) is 11.8. The van der Waals surface area contributed by atoms with Gasteiger partial charge in [-0.05, 0) is 67.4 Å². The number of para-hydroxylation sites is 1. The summed E-state index contributed by atoms with van der Waals surface area (Å²) >= 11 is 6.66. The van der Waals surface area contributed by atoms with E-state index in [0.717, 1.165) is 23.4 Å². The van der Waals surface area contributed by atoms with E-state index in [1.807, 2.05) is 31.2 Å². The summed E-state index contributed by atoms with van der Waals surface area (Å²) in [4.78, 5) is 27.4. The zero-order valence-electron chi connectivity index (χ0n) is 20.9. The van der Waals surface area contributed by atoms with Crippen LogP contribution < -0.4 is 19.7 Å². The Labute approximate surface area is 232 Å². The highest BCUT2D eigenvalue weighted by Crippen LogP contribution is 2.38. The first-order chi connectivity index (χ1) is 18.6. The Bertz CT molecular complexity index is 1460. The van der Waals surface area contributed by atoms with Crippen LogP contribution in [0.3, 0.4) is 0 Å². The van der Waals surface area contributed by atoms with E-state index < -0.39 is 24.3 Å². The summed E-state index contributed by atoms with van der Waals surface area (Å²) in [6.07, 6.45) is -2.82. The van der Waals surface area contributed by atoms with Gasteiger partial charge in [-0.25, -0.2) is 0 Å². The second-order valence-corrected chi connectivity index (χ2v) is 10.0. The lowest BCUT2D eigenvalue weighted by Gasteiger charge is -2.16. The van der Waals surface area contributed by atoms with Gasteiger partial charge in [-0.3, -0.25) is 14.5 Å². The van der Waals surface area contributed by atoms with Gasteiger partial charge in [0.25, 0.3) is 11.8 Å². The van der Waals surface area contributed by atoms with E-state index in [0.29, 0.717) is 27.1 Å². The van der Waals surface area contributed by atoms with E-state index in [1.54, 1.807) is 31.2 Å². The van der Waals surface area contributed by atoms with Crippen LogP contribution in [0.4, 0.5) is 24.5 Å². The smallest absolute Gasteiger partial charge is 0.416 e. The predicted octanol–water partition coefficient (Wildman–Crippen LogP) is 6.84. The molecular weight excluding hydrogens is 549 g/mol. The average molecular weight is 573 g/mol. The summed E-state index contributed by atoms with van der Waals surface area (Å²) in [6.45, 7) is 3.55. The van der Waals surface area contributed by atoms with Gasteiger partial charge in [-0.1, -0.05) is 54.3 Å². The topological polar surface area (TPSA) is 67.9 Å². The Hall–Kier alpha value is -3.83. The minimum absolute atomic E-state index is 0.00168. The standard InChI is InChI=1S/C28H23F3N2O4S2/c1-3-36-23-13-18(14-24-26(35)33(27(38)39-24)21-10-5-4-7-17(21)2)11-12-22(23)37-16-25(34)32-20-9-6-8-19(15-20)28(29,30)31/h4-15H,3,16H2,1-2H3,(H,32,34)/b24-14-. The summed E-state index contributed by atoms with van der Waals surface area (Å²) in [5.74, 6) is -0.266. The lowest BCUT2D eigenvalue weighted by Crippen LogP contribution is -2.28. The molecule has 1 saturated heterocycles. The molecule has 3 aromatic carbocycles. The number of aryl methyl sites for hydroxylation is 1. The monoisotopic (exact) mass is 572 g/mol. The van der Waals surface area contributed by atoms with E-state index in [9.17, 15) is 22.8 Å². The molecule has 0 atom stereocenters. The molecule has 0 aliphatic carbocycles. The fourth-order valence-electron chi connectivity index (χ4n) is 3.76. The van der Waals surface area contributed by atoms with Crippen LogP contribution in [0.15, 0.2) is 71.6 Å². The summed E-state index contributed by atoms with van der Waals surface area (Å²) in [5.41, 5.74) is 1.44. The van der Waals surface area contributed by atoms with Gasteiger partial charge in [0.2, 0.25) is 0 Å². The Morgan fingerprint density at radius 2 is 1.82 bits per heavy atom. The van der Waals surface area contributed by atoms with Gasteiger partial charge in [0.05, 0.1) is 22.8 Å². The second-order valence-electron chi connectivity index (χ2n) is 8.36. The Balaban J connectivity index is 1.47. The number of carbonyl (C=O) groups is 2. The van der Waals surface area contributed by atoms with Crippen LogP contribution >= 0.6 is 24.0 Å². The first kappa shape index (κ1) is 28.2. The Kier molecular flexibility index (Phi) is 8.61. The molecule has 0 saturated carbocycles. The molecule has 3 aromatic rings. The Morgan fingerprint density at radius 3 is 2.54 bits per heavy atom. The summed E-state index contributed by atoms with van der Waals surface area (Å²) < 4.78 is 50.4. The number of ether oxygens (including phenoxy) is 2. The van der Waals surface area contributed by atoms with Crippen molar-refractivity contribution < 1.29 is 32.2 Å². The van der Waals surface area contributed by atoms with Crippen LogP contribution in [0.1, 0.15) is 23.6 Å². The van der Waals surface area contributed by atoms with Crippen LogP contribution in [0.2, 0.25) is 0 Å². The van der Waals surface area contributed by atoms with Crippen LogP contribution in [-0.4, -0.2) is 29.3 Å². The van der Waals surface area contributed by atoms with Gasteiger partial charge in [-0.2, -0.15) is 13.2 Å². The van der Waals surface area contributed by atoms with Crippen molar-refractivity contribution in [2.24, 2.45) is 0 Å². The molecule has 0 radical (unpaired) electrons. The van der Waals surface area contributed by atoms with Gasteiger partial charge in [0, 0.05) is 5.69 Å². The molecule has 202 valence electrons. The largest absolute Gasteiger partial charge is 0.490 e. The molecule has 1 fully saturated rings. The number of anilines is 2. The number of nitrogens with zero attached hydrogens (tertiary/aromatic N) is 1. The third-order valence-electron chi connectivity index (χ3n) is 5.55. The van der Waals surface area contributed by atoms with Crippen molar-refractivity contribution in [1.29, 1.82) is 0 Å². The van der Waals surface area contributed by atoms with Crippen molar-refractivity contribution >= 4 is 57.6 Å². The highest BCUT2D eigenvalue weighted by molar-refractivity contribution is 8.27. The molecule has 0 bridgehead atoms. The number of alkyl halides is 3. The lowest BCUT2D eigenvalue weighted by molar-refractivity contribution is -0.137. The van der Waals surface area contributed by atoms with Gasteiger partial charge < -0.3 is 14.8 Å². The van der Waals surface area contributed by atoms with Gasteiger partial charge in [0.15, 0.2) is 22.4 Å². The molecule has 0 unspecified atom stereocenters. The number of hydrogen-bond acceptors (Lipinski definition) is 6. The first-order valence-corrected chi connectivity index (χ1v) is 13.0. The molecule has 6 nitrogen and oxygen atoms in total. The third kappa shape index (κ3) is 6.79. The van der Waals surface area contributed by atoms with Gasteiger partial charge in [-0.15, -0.1) is 0 Å². The molecular formula is C28H23F3N2O4S2. The minimum Gasteiger partial charge on any atom is -0.490 e. The number of nitrogens with one attached hydrogen (secondary N) is 1. The van der Waals surface area contributed by atoms with Crippen LogP contribution in [0, 0.1) is 6.92 Å². The molecule has 39 heavy (non-hydrogen) atoms. The highest BCUT2D eigenvalue weighted by atomic mass is 32.2. The lowest BCUT2D eigenvalue weighted by atomic mass is 10.1. The quantitative estimate of drug-likeness (QED) is 0.236. The summed E-state index contributed by atoms with van der Waals surface area (Å²) in [5, 5.41) is 2.39. The molecule has 1 heterocycles. The molecule has 4 rings (SSSR count). The zero-order valence-corrected chi connectivity index (χ0v) is 22.5. The summed E-state index contributed by atoms with van der Waals surface area (Å²) in [6, 6.07) is 16.8. The molecule has 1 N–H and O–H groups in total. The average Bonchev–Trinajstić information content (AvgIpc) is 3.16. The van der Waals surface area contributed by atoms with E-state index in [4.69, 9.17) is 21.7 Å². The fourth-order valence-corrected chi connectivity index (χ4v) is 5.04. The molecule has 1 aliphatic heterocycles. The predicted molar refractivity (Wildman–Crippen MR) is 150 cm³/mol.